The summed E-state index contributed by atoms with van der Waals surface area (Å²) < 4.78 is 0. The molecule has 8 bridgehead atoms. The van der Waals surface area contributed by atoms with Gasteiger partial charge in [-0.15, -0.1) is 0 Å². The molecule has 0 aliphatic carbocycles. The van der Waals surface area contributed by atoms with Gasteiger partial charge in [0.1, 0.15) is 0 Å². The Bertz CT molecular complexity index is 1350. The highest BCUT2D eigenvalue weighted by Crippen LogP contribution is 2.38. The largest absolute Gasteiger partial charge is 0.355 e. The summed E-state index contributed by atoms with van der Waals surface area (Å²) in [5, 5.41) is 0. The first-order valence-electron chi connectivity index (χ1n) is 9.66. The molecule has 3 N–H and O–H groups in total. The number of aromatic amines is 3. The molecule has 140 valence electrons. The quantitative estimate of drug-likeness (QED) is 0.329. The van der Waals surface area contributed by atoms with Crippen molar-refractivity contribution in [1.82, 2.24) is 19.9 Å². The maximum absolute atomic E-state index is 5.00. The van der Waals surface area contributed by atoms with Crippen LogP contribution in [0.5, 0.6) is 0 Å². The van der Waals surface area contributed by atoms with Crippen LogP contribution in [0.4, 0.5) is 0 Å². The van der Waals surface area contributed by atoms with Gasteiger partial charge in [0.25, 0.3) is 0 Å². The molecule has 0 unspecified atom stereocenters. The highest BCUT2D eigenvalue weighted by atomic mass is 14.8. The monoisotopic (exact) mass is 368 g/mol. The molecule has 0 amide bonds. The fraction of sp³-hybridized carbons (Fsp3) is 0.208. The van der Waals surface area contributed by atoms with Crippen molar-refractivity contribution in [3.8, 4) is 0 Å². The Hall–Kier alpha value is -3.27. The summed E-state index contributed by atoms with van der Waals surface area (Å²) >= 11 is 0. The molecular formula is C24H24N4. The van der Waals surface area contributed by atoms with E-state index in [1.807, 2.05) is 0 Å². The number of rotatable bonds is 0. The normalized spacial score (nSPS) is 13.2. The van der Waals surface area contributed by atoms with E-state index in [1.54, 1.807) is 0 Å². The molecule has 0 fully saturated rings. The predicted octanol–water partition coefficient (Wildman–Crippen LogP) is 6.42. The van der Waals surface area contributed by atoms with Crippen LogP contribution < -0.4 is 0 Å². The number of aryl methyl sites for hydroxylation is 1. The molecular weight excluding hydrogens is 344 g/mol. The average Bonchev–Trinajstić information content (AvgIpc) is 3.36. The Morgan fingerprint density at radius 3 is 1.89 bits per heavy atom. The molecule has 0 saturated carbocycles. The van der Waals surface area contributed by atoms with Crippen molar-refractivity contribution in [3.05, 3.63) is 65.5 Å². The van der Waals surface area contributed by atoms with Crippen molar-refractivity contribution in [3.63, 3.8) is 0 Å². The van der Waals surface area contributed by atoms with E-state index in [2.05, 4.69) is 97.3 Å². The molecule has 0 radical (unpaired) electrons. The summed E-state index contributed by atoms with van der Waals surface area (Å²) in [4.78, 5) is 15.5. The van der Waals surface area contributed by atoms with Gasteiger partial charge in [0, 0.05) is 27.6 Å². The van der Waals surface area contributed by atoms with E-state index in [9.17, 15) is 0 Å². The first kappa shape index (κ1) is 16.9. The number of hydrogen-bond acceptors (Lipinski definition) is 1. The number of nitrogens with zero attached hydrogens (tertiary/aromatic N) is 1. The Labute approximate surface area is 163 Å². The maximum Gasteiger partial charge on any atom is 0.0878 e. The first-order chi connectivity index (χ1) is 13.3. The minimum absolute atomic E-state index is 0.0121. The zero-order chi connectivity index (χ0) is 19.5. The number of H-pyrrole nitrogens is 3. The topological polar surface area (TPSA) is 60.3 Å². The van der Waals surface area contributed by atoms with Crippen LogP contribution in [0.25, 0.3) is 44.7 Å². The maximum atomic E-state index is 5.00. The average molecular weight is 368 g/mol. The van der Waals surface area contributed by atoms with Crippen LogP contribution in [0.3, 0.4) is 0 Å². The summed E-state index contributed by atoms with van der Waals surface area (Å²) in [6.07, 6.45) is 2.23. The third-order valence-electron chi connectivity index (χ3n) is 5.27. The lowest BCUT2D eigenvalue weighted by Gasteiger charge is -2.19. The van der Waals surface area contributed by atoms with E-state index in [0.29, 0.717) is 0 Å². The number of allylic oxidation sites excluding steroid dienone is 1. The van der Waals surface area contributed by atoms with Crippen LogP contribution in [-0.4, -0.2) is 19.9 Å². The van der Waals surface area contributed by atoms with Crippen LogP contribution in [-0.2, 0) is 0 Å². The highest BCUT2D eigenvalue weighted by molar-refractivity contribution is 5.91. The van der Waals surface area contributed by atoms with Gasteiger partial charge in [-0.1, -0.05) is 20.8 Å². The van der Waals surface area contributed by atoms with E-state index >= 15 is 0 Å². The van der Waals surface area contributed by atoms with Crippen LogP contribution in [0.15, 0.2) is 48.5 Å². The lowest BCUT2D eigenvalue weighted by Crippen LogP contribution is -2.06. The fourth-order valence-corrected chi connectivity index (χ4v) is 3.88. The van der Waals surface area contributed by atoms with Gasteiger partial charge < -0.3 is 15.0 Å². The molecule has 0 saturated heterocycles. The zero-order valence-corrected chi connectivity index (χ0v) is 16.6. The fourth-order valence-electron chi connectivity index (χ4n) is 3.88. The summed E-state index contributed by atoms with van der Waals surface area (Å²) in [5.41, 5.74) is 10.9. The SMILES string of the molecule is Cc1cc2cc3ccc(cc4ccc(cc5nc(c1[nH]2)C=C5C(C)(C)C)[nH]4)[nH]3. The van der Waals surface area contributed by atoms with Gasteiger partial charge in [0.15, 0.2) is 0 Å². The molecule has 1 aliphatic heterocycles. The van der Waals surface area contributed by atoms with Crippen LogP contribution in [0.1, 0.15) is 37.7 Å². The minimum Gasteiger partial charge on any atom is -0.355 e. The number of hydrogen-bond donors (Lipinski definition) is 3. The smallest absolute Gasteiger partial charge is 0.0878 e. The Morgan fingerprint density at radius 1 is 0.714 bits per heavy atom. The minimum atomic E-state index is 0.0121. The van der Waals surface area contributed by atoms with Crippen molar-refractivity contribution in [2.45, 2.75) is 27.7 Å². The lowest BCUT2D eigenvalue weighted by atomic mass is 9.84. The van der Waals surface area contributed by atoms with Gasteiger partial charge >= 0.3 is 0 Å². The summed E-state index contributed by atoms with van der Waals surface area (Å²) in [5.74, 6) is 0. The van der Waals surface area contributed by atoms with E-state index in [4.69, 9.17) is 4.98 Å². The second kappa shape index (κ2) is 5.86. The summed E-state index contributed by atoms with van der Waals surface area (Å²) in [7, 11) is 0. The molecule has 5 rings (SSSR count). The molecule has 0 spiro atoms. The predicted molar refractivity (Wildman–Crippen MR) is 118 cm³/mol. The number of fused-ring (bicyclic) bond motifs is 9. The molecule has 4 aromatic heterocycles. The summed E-state index contributed by atoms with van der Waals surface area (Å²) in [6.45, 7) is 8.84. The van der Waals surface area contributed by atoms with Gasteiger partial charge in [0.05, 0.1) is 16.9 Å². The van der Waals surface area contributed by atoms with Crippen molar-refractivity contribution in [2.24, 2.45) is 5.41 Å². The van der Waals surface area contributed by atoms with E-state index in [0.717, 1.165) is 44.5 Å². The van der Waals surface area contributed by atoms with Gasteiger partial charge in [0.2, 0.25) is 0 Å². The second-order valence-electron chi connectivity index (χ2n) is 8.64. The zero-order valence-electron chi connectivity index (χ0n) is 16.6. The molecule has 4 nitrogen and oxygen atoms in total. The van der Waals surface area contributed by atoms with Crippen molar-refractivity contribution >= 4 is 44.7 Å². The van der Waals surface area contributed by atoms with E-state index in [-0.39, 0.29) is 5.41 Å². The Kier molecular flexibility index (Phi) is 3.53. The van der Waals surface area contributed by atoms with E-state index < -0.39 is 0 Å². The third-order valence-corrected chi connectivity index (χ3v) is 5.27. The van der Waals surface area contributed by atoms with Gasteiger partial charge in [-0.2, -0.15) is 0 Å². The van der Waals surface area contributed by atoms with Gasteiger partial charge in [-0.05, 0) is 78.1 Å². The molecule has 4 heteroatoms. The van der Waals surface area contributed by atoms with Crippen molar-refractivity contribution in [2.75, 3.05) is 0 Å². The van der Waals surface area contributed by atoms with Crippen molar-refractivity contribution < 1.29 is 0 Å². The van der Waals surface area contributed by atoms with Gasteiger partial charge in [-0.25, -0.2) is 4.98 Å². The summed E-state index contributed by atoms with van der Waals surface area (Å²) in [6, 6.07) is 17.0. The highest BCUT2D eigenvalue weighted by Gasteiger charge is 2.24. The van der Waals surface area contributed by atoms with Crippen LogP contribution >= 0.6 is 0 Å². The van der Waals surface area contributed by atoms with Crippen LogP contribution in [0.2, 0.25) is 0 Å². The molecule has 0 atom stereocenters. The van der Waals surface area contributed by atoms with Crippen molar-refractivity contribution in [1.29, 1.82) is 0 Å². The molecule has 4 aromatic rings. The number of nitrogens with one attached hydrogen (secondary N) is 3. The molecule has 0 aromatic carbocycles. The Balaban J connectivity index is 1.93. The second-order valence-corrected chi connectivity index (χ2v) is 8.64. The third kappa shape index (κ3) is 2.91. The molecule has 1 aliphatic rings. The lowest BCUT2D eigenvalue weighted by molar-refractivity contribution is 0.569. The first-order valence-corrected chi connectivity index (χ1v) is 9.66. The number of aromatic nitrogens is 4. The van der Waals surface area contributed by atoms with Crippen LogP contribution in [0, 0.1) is 12.3 Å². The van der Waals surface area contributed by atoms with Gasteiger partial charge in [-0.3, -0.25) is 0 Å². The van der Waals surface area contributed by atoms with E-state index in [1.165, 1.54) is 11.1 Å². The standard InChI is InChI=1S/C24H24N4/c1-14-9-19-11-17-6-5-15(25-17)10-16-7-8-18(26-16)12-21-20(24(2,3)4)13-22(28-21)23(14)27-19/h5-13,25-27H,1-4H3. The molecule has 5 heterocycles. The Morgan fingerprint density at radius 2 is 1.29 bits per heavy atom. The molecule has 28 heavy (non-hydrogen) atoms.